The fourth-order valence-electron chi connectivity index (χ4n) is 3.36. The van der Waals surface area contributed by atoms with Gasteiger partial charge in [0.15, 0.2) is 5.82 Å². The Bertz CT molecular complexity index is 1000. The topological polar surface area (TPSA) is 85.5 Å². The molecule has 0 saturated carbocycles. The molecule has 154 valence electrons. The van der Waals surface area contributed by atoms with Crippen LogP contribution in [0.4, 0.5) is 0 Å². The highest BCUT2D eigenvalue weighted by Crippen LogP contribution is 2.30. The van der Waals surface area contributed by atoms with Gasteiger partial charge in [-0.2, -0.15) is 9.29 Å². The van der Waals surface area contributed by atoms with Gasteiger partial charge in [-0.3, -0.25) is 0 Å². The smallest absolute Gasteiger partial charge is 0.252 e. The number of piperidine rings is 1. The third kappa shape index (κ3) is 4.92. The van der Waals surface area contributed by atoms with Gasteiger partial charge < -0.3 is 9.26 Å². The zero-order valence-corrected chi connectivity index (χ0v) is 17.6. The molecule has 0 aliphatic carbocycles. The quantitative estimate of drug-likeness (QED) is 0.506. The van der Waals surface area contributed by atoms with Gasteiger partial charge in [-0.25, -0.2) is 8.42 Å². The molecular weight excluding hydrogens is 410 g/mol. The second-order valence-corrected chi connectivity index (χ2v) is 10.1. The Morgan fingerprint density at radius 2 is 2.07 bits per heavy atom. The van der Waals surface area contributed by atoms with E-state index in [9.17, 15) is 8.42 Å². The summed E-state index contributed by atoms with van der Waals surface area (Å²) < 4.78 is 38.6. The van der Waals surface area contributed by atoms with Gasteiger partial charge in [0, 0.05) is 19.5 Å². The molecular formula is C20H23N3O4S2. The molecule has 1 aliphatic heterocycles. The Hall–Kier alpha value is -2.07. The molecule has 3 aromatic rings. The van der Waals surface area contributed by atoms with Crippen molar-refractivity contribution in [2.45, 2.75) is 36.0 Å². The van der Waals surface area contributed by atoms with Crippen LogP contribution < -0.4 is 0 Å². The molecule has 1 atom stereocenters. The molecule has 9 heteroatoms. The lowest BCUT2D eigenvalue weighted by Crippen LogP contribution is -2.38. The molecule has 7 nitrogen and oxygen atoms in total. The predicted molar refractivity (Wildman–Crippen MR) is 109 cm³/mol. The van der Waals surface area contributed by atoms with Crippen molar-refractivity contribution >= 4 is 21.4 Å². The molecule has 4 rings (SSSR count). The summed E-state index contributed by atoms with van der Waals surface area (Å²) in [5, 5.41) is 5.82. The van der Waals surface area contributed by atoms with E-state index in [0.29, 0.717) is 48.6 Å². The zero-order chi connectivity index (χ0) is 20.1. The fraction of sp³-hybridized carbons (Fsp3) is 0.400. The standard InChI is InChI=1S/C20H23N3O4S2/c24-29(25,19-9-5-13-28-19)23-11-4-8-17(14-23)20-21-18(22-27-20)10-12-26-15-16-6-2-1-3-7-16/h1-3,5-7,9,13,17H,4,8,10-12,14-15H2. The number of nitrogens with zero attached hydrogens (tertiary/aromatic N) is 3. The van der Waals surface area contributed by atoms with E-state index in [1.165, 1.54) is 15.6 Å². The number of hydrogen-bond acceptors (Lipinski definition) is 7. The van der Waals surface area contributed by atoms with Crippen molar-refractivity contribution in [2.75, 3.05) is 19.7 Å². The molecule has 0 amide bonds. The Morgan fingerprint density at radius 1 is 1.21 bits per heavy atom. The monoisotopic (exact) mass is 433 g/mol. The molecule has 1 aliphatic rings. The molecule has 29 heavy (non-hydrogen) atoms. The molecule has 0 N–H and O–H groups in total. The van der Waals surface area contributed by atoms with Crippen LogP contribution in [0, 0.1) is 0 Å². The maximum absolute atomic E-state index is 12.8. The minimum atomic E-state index is -3.45. The lowest BCUT2D eigenvalue weighted by atomic mass is 10.00. The number of thiophene rings is 1. The molecule has 1 fully saturated rings. The number of rotatable bonds is 8. The molecule has 3 heterocycles. The highest BCUT2D eigenvalue weighted by molar-refractivity contribution is 7.91. The van der Waals surface area contributed by atoms with Gasteiger partial charge in [-0.05, 0) is 29.9 Å². The van der Waals surface area contributed by atoms with Crippen molar-refractivity contribution in [2.24, 2.45) is 0 Å². The van der Waals surface area contributed by atoms with Gasteiger partial charge in [-0.1, -0.05) is 41.6 Å². The van der Waals surface area contributed by atoms with E-state index in [0.717, 1.165) is 18.4 Å². The summed E-state index contributed by atoms with van der Waals surface area (Å²) in [4.78, 5) is 4.48. The first-order chi connectivity index (χ1) is 14.1. The second-order valence-electron chi connectivity index (χ2n) is 6.97. The van der Waals surface area contributed by atoms with Gasteiger partial charge in [0.25, 0.3) is 10.0 Å². The van der Waals surface area contributed by atoms with Crippen LogP contribution in [0.3, 0.4) is 0 Å². The molecule has 2 aromatic heterocycles. The van der Waals surface area contributed by atoms with Crippen molar-refractivity contribution in [3.8, 4) is 0 Å². The van der Waals surface area contributed by atoms with Gasteiger partial charge >= 0.3 is 0 Å². The van der Waals surface area contributed by atoms with Crippen LogP contribution in [0.15, 0.2) is 56.6 Å². The Kier molecular flexibility index (Phi) is 6.39. The lowest BCUT2D eigenvalue weighted by molar-refractivity contribution is 0.122. The van der Waals surface area contributed by atoms with E-state index >= 15 is 0 Å². The first-order valence-corrected chi connectivity index (χ1v) is 11.9. The van der Waals surface area contributed by atoms with Crippen LogP contribution in [0.5, 0.6) is 0 Å². The van der Waals surface area contributed by atoms with Crippen molar-refractivity contribution < 1.29 is 17.7 Å². The summed E-state index contributed by atoms with van der Waals surface area (Å²) in [5.74, 6) is 1.02. The van der Waals surface area contributed by atoms with E-state index < -0.39 is 10.0 Å². The van der Waals surface area contributed by atoms with Crippen LogP contribution in [0.2, 0.25) is 0 Å². The summed E-state index contributed by atoms with van der Waals surface area (Å²) in [6.45, 7) is 1.93. The summed E-state index contributed by atoms with van der Waals surface area (Å²) in [7, 11) is -3.45. The van der Waals surface area contributed by atoms with Crippen LogP contribution in [0.25, 0.3) is 0 Å². The first-order valence-electron chi connectivity index (χ1n) is 9.61. The van der Waals surface area contributed by atoms with E-state index in [-0.39, 0.29) is 5.92 Å². The Balaban J connectivity index is 1.32. The maximum Gasteiger partial charge on any atom is 0.252 e. The van der Waals surface area contributed by atoms with E-state index in [1.807, 2.05) is 30.3 Å². The Labute approximate surface area is 174 Å². The number of ether oxygens (including phenoxy) is 1. The number of hydrogen-bond donors (Lipinski definition) is 0. The zero-order valence-electron chi connectivity index (χ0n) is 15.9. The molecule has 1 aromatic carbocycles. The first kappa shape index (κ1) is 20.2. The van der Waals surface area contributed by atoms with Crippen molar-refractivity contribution in [1.82, 2.24) is 14.4 Å². The van der Waals surface area contributed by atoms with E-state index in [1.54, 1.807) is 17.5 Å². The SMILES string of the molecule is O=S(=O)(c1cccs1)N1CCCC(c2nc(CCOCc3ccccc3)no2)C1. The Morgan fingerprint density at radius 3 is 2.86 bits per heavy atom. The normalized spacial score (nSPS) is 18.1. The van der Waals surface area contributed by atoms with Crippen molar-refractivity contribution in [3.63, 3.8) is 0 Å². The average Bonchev–Trinajstić information content (AvgIpc) is 3.45. The summed E-state index contributed by atoms with van der Waals surface area (Å²) in [6.07, 6.45) is 2.16. The fourth-order valence-corrected chi connectivity index (χ4v) is 6.03. The predicted octanol–water partition coefficient (Wildman–Crippen LogP) is 3.46. The lowest BCUT2D eigenvalue weighted by Gasteiger charge is -2.29. The maximum atomic E-state index is 12.8. The minimum Gasteiger partial charge on any atom is -0.376 e. The van der Waals surface area contributed by atoms with Gasteiger partial charge in [-0.15, -0.1) is 11.3 Å². The highest BCUT2D eigenvalue weighted by Gasteiger charge is 2.33. The van der Waals surface area contributed by atoms with E-state index in [4.69, 9.17) is 9.26 Å². The van der Waals surface area contributed by atoms with E-state index in [2.05, 4.69) is 10.1 Å². The average molecular weight is 434 g/mol. The van der Waals surface area contributed by atoms with Gasteiger partial charge in [0.2, 0.25) is 5.89 Å². The third-order valence-corrected chi connectivity index (χ3v) is 8.13. The number of benzene rings is 1. The minimum absolute atomic E-state index is 0.0787. The molecule has 0 bridgehead atoms. The van der Waals surface area contributed by atoms with Crippen LogP contribution in [-0.4, -0.2) is 42.6 Å². The highest BCUT2D eigenvalue weighted by atomic mass is 32.2. The van der Waals surface area contributed by atoms with Crippen LogP contribution >= 0.6 is 11.3 Å². The van der Waals surface area contributed by atoms with Gasteiger partial charge in [0.05, 0.1) is 19.1 Å². The summed E-state index contributed by atoms with van der Waals surface area (Å²) in [5.41, 5.74) is 1.12. The van der Waals surface area contributed by atoms with Crippen molar-refractivity contribution in [3.05, 3.63) is 65.1 Å². The molecule has 1 unspecified atom stereocenters. The number of sulfonamides is 1. The number of aromatic nitrogens is 2. The molecule has 0 radical (unpaired) electrons. The third-order valence-electron chi connectivity index (χ3n) is 4.89. The van der Waals surface area contributed by atoms with Gasteiger partial charge in [0.1, 0.15) is 4.21 Å². The second kappa shape index (κ2) is 9.17. The summed E-state index contributed by atoms with van der Waals surface area (Å²) >= 11 is 1.24. The molecule has 0 spiro atoms. The largest absolute Gasteiger partial charge is 0.376 e. The van der Waals surface area contributed by atoms with Crippen LogP contribution in [0.1, 0.15) is 36.0 Å². The van der Waals surface area contributed by atoms with Crippen LogP contribution in [-0.2, 0) is 27.8 Å². The molecule has 1 saturated heterocycles. The summed E-state index contributed by atoms with van der Waals surface area (Å²) in [6, 6.07) is 13.4. The van der Waals surface area contributed by atoms with Crippen molar-refractivity contribution in [1.29, 1.82) is 0 Å².